The molecule has 140 valence electrons. The average Bonchev–Trinajstić information content (AvgIpc) is 3.35. The molecule has 0 radical (unpaired) electrons. The van der Waals surface area contributed by atoms with E-state index in [1.54, 1.807) is 35.9 Å². The molecular formula is C21H17FN4O2. The number of carbonyl (C=O) groups excluding carboxylic acids is 1. The molecule has 0 spiro atoms. The summed E-state index contributed by atoms with van der Waals surface area (Å²) in [5.41, 5.74) is 2.48. The third kappa shape index (κ3) is 3.68. The van der Waals surface area contributed by atoms with Gasteiger partial charge in [0.1, 0.15) is 11.5 Å². The first-order chi connectivity index (χ1) is 13.6. The molecule has 2 heterocycles. The lowest BCUT2D eigenvalue weighted by Crippen LogP contribution is -2.18. The quantitative estimate of drug-likeness (QED) is 0.564. The van der Waals surface area contributed by atoms with Gasteiger partial charge in [0.2, 0.25) is 0 Å². The highest BCUT2D eigenvalue weighted by Crippen LogP contribution is 2.19. The molecule has 4 rings (SSSR count). The molecular weight excluding hydrogens is 359 g/mol. The molecule has 0 aliphatic heterocycles. The summed E-state index contributed by atoms with van der Waals surface area (Å²) in [5, 5.41) is 6.80. The minimum Gasteiger partial charge on any atom is -0.336 e. The topological polar surface area (TPSA) is 73.0 Å². The van der Waals surface area contributed by atoms with Crippen LogP contribution >= 0.6 is 0 Å². The van der Waals surface area contributed by atoms with Crippen molar-refractivity contribution in [3.63, 3.8) is 0 Å². The number of aromatic nitrogens is 3. The van der Waals surface area contributed by atoms with E-state index in [4.69, 9.17) is 4.52 Å². The fourth-order valence-corrected chi connectivity index (χ4v) is 2.88. The van der Waals surface area contributed by atoms with Gasteiger partial charge in [-0.25, -0.2) is 4.39 Å². The molecule has 1 amide bonds. The molecule has 28 heavy (non-hydrogen) atoms. The van der Waals surface area contributed by atoms with Gasteiger partial charge in [0.25, 0.3) is 11.8 Å². The van der Waals surface area contributed by atoms with E-state index >= 15 is 0 Å². The number of halogens is 1. The monoisotopic (exact) mass is 376 g/mol. The maximum Gasteiger partial charge on any atom is 0.272 e. The van der Waals surface area contributed by atoms with Crippen molar-refractivity contribution in [1.82, 2.24) is 14.7 Å². The van der Waals surface area contributed by atoms with Gasteiger partial charge in [-0.15, -0.1) is 0 Å². The number of nitrogens with one attached hydrogen (secondary N) is 1. The number of hydrogen-bond acceptors (Lipinski definition) is 4. The molecule has 0 atom stereocenters. The van der Waals surface area contributed by atoms with E-state index in [0.29, 0.717) is 28.7 Å². The molecule has 6 nitrogen and oxygen atoms in total. The van der Waals surface area contributed by atoms with E-state index in [1.807, 2.05) is 30.3 Å². The van der Waals surface area contributed by atoms with E-state index < -0.39 is 0 Å². The lowest BCUT2D eigenvalue weighted by Gasteiger charge is -2.10. The maximum atomic E-state index is 13.2. The summed E-state index contributed by atoms with van der Waals surface area (Å²) in [6, 6.07) is 17.2. The molecule has 0 saturated heterocycles. The number of amides is 1. The average molecular weight is 376 g/mol. The number of aryl methyl sites for hydroxylation is 1. The first-order valence-electron chi connectivity index (χ1n) is 8.71. The van der Waals surface area contributed by atoms with Gasteiger partial charge in [0.15, 0.2) is 5.82 Å². The number of benzene rings is 2. The van der Waals surface area contributed by atoms with Crippen LogP contribution in [-0.4, -0.2) is 20.6 Å². The van der Waals surface area contributed by atoms with Gasteiger partial charge in [-0.05, 0) is 55.0 Å². The van der Waals surface area contributed by atoms with Gasteiger partial charge in [0, 0.05) is 17.4 Å². The summed E-state index contributed by atoms with van der Waals surface area (Å²) in [5.74, 6) is 0.245. The van der Waals surface area contributed by atoms with Crippen molar-refractivity contribution in [3.8, 4) is 11.5 Å². The second-order valence-corrected chi connectivity index (χ2v) is 6.32. The van der Waals surface area contributed by atoms with Crippen LogP contribution in [0, 0.1) is 12.7 Å². The van der Waals surface area contributed by atoms with Crippen LogP contribution in [0.3, 0.4) is 0 Å². The maximum absolute atomic E-state index is 13.2. The number of hydrogen-bond donors (Lipinski definition) is 1. The normalized spacial score (nSPS) is 10.8. The highest BCUT2D eigenvalue weighted by Gasteiger charge is 2.15. The van der Waals surface area contributed by atoms with Crippen molar-refractivity contribution >= 4 is 11.6 Å². The van der Waals surface area contributed by atoms with Gasteiger partial charge in [-0.1, -0.05) is 23.4 Å². The Hall–Kier alpha value is -3.74. The Morgan fingerprint density at radius 2 is 1.96 bits per heavy atom. The van der Waals surface area contributed by atoms with Crippen molar-refractivity contribution in [3.05, 3.63) is 89.8 Å². The minimum atomic E-state index is -0.342. The Bertz CT molecular complexity index is 1120. The van der Waals surface area contributed by atoms with Crippen LogP contribution in [0.4, 0.5) is 10.1 Å². The zero-order valence-electron chi connectivity index (χ0n) is 15.1. The smallest absolute Gasteiger partial charge is 0.272 e. The number of anilines is 1. The molecule has 4 aromatic rings. The number of rotatable bonds is 5. The first kappa shape index (κ1) is 17.7. The summed E-state index contributed by atoms with van der Waals surface area (Å²) in [6.45, 7) is 2.02. The van der Waals surface area contributed by atoms with E-state index in [0.717, 1.165) is 5.56 Å². The lowest BCUT2D eigenvalue weighted by molar-refractivity contribution is 0.101. The van der Waals surface area contributed by atoms with Crippen LogP contribution in [0.25, 0.3) is 11.5 Å². The molecule has 0 fully saturated rings. The Labute approximate surface area is 160 Å². The summed E-state index contributed by atoms with van der Waals surface area (Å²) < 4.78 is 20.3. The van der Waals surface area contributed by atoms with Gasteiger partial charge < -0.3 is 14.4 Å². The Morgan fingerprint density at radius 3 is 2.75 bits per heavy atom. The van der Waals surface area contributed by atoms with Gasteiger partial charge in [-0.2, -0.15) is 4.98 Å². The van der Waals surface area contributed by atoms with Gasteiger partial charge >= 0.3 is 0 Å². The second kappa shape index (κ2) is 7.48. The van der Waals surface area contributed by atoms with Crippen LogP contribution in [0.2, 0.25) is 0 Å². The molecule has 0 aliphatic carbocycles. The van der Waals surface area contributed by atoms with E-state index in [9.17, 15) is 9.18 Å². The van der Waals surface area contributed by atoms with Crippen molar-refractivity contribution in [2.45, 2.75) is 13.5 Å². The highest BCUT2D eigenvalue weighted by atomic mass is 19.1. The minimum absolute atomic E-state index is 0.286. The fourth-order valence-electron chi connectivity index (χ4n) is 2.88. The fraction of sp³-hybridized carbons (Fsp3) is 0.0952. The Balaban J connectivity index is 1.51. The lowest BCUT2D eigenvalue weighted by atomic mass is 10.2. The number of nitrogens with zero attached hydrogens (tertiary/aromatic N) is 3. The first-order valence-corrected chi connectivity index (χ1v) is 8.71. The van der Waals surface area contributed by atoms with Crippen molar-refractivity contribution in [2.75, 3.05) is 5.32 Å². The van der Waals surface area contributed by atoms with E-state index in [2.05, 4.69) is 15.5 Å². The largest absolute Gasteiger partial charge is 0.336 e. The van der Waals surface area contributed by atoms with Crippen LogP contribution in [-0.2, 0) is 6.54 Å². The molecule has 2 aromatic heterocycles. The molecule has 7 heteroatoms. The van der Waals surface area contributed by atoms with Crippen molar-refractivity contribution in [1.29, 1.82) is 0 Å². The van der Waals surface area contributed by atoms with E-state index in [1.165, 1.54) is 12.1 Å². The van der Waals surface area contributed by atoms with Crippen LogP contribution < -0.4 is 5.32 Å². The van der Waals surface area contributed by atoms with Crippen LogP contribution in [0.1, 0.15) is 21.9 Å². The molecule has 0 bridgehead atoms. The number of carbonyl (C=O) groups is 1. The summed E-state index contributed by atoms with van der Waals surface area (Å²) in [6.07, 6.45) is 1.77. The Kier molecular flexibility index (Phi) is 4.72. The molecule has 0 unspecified atom stereocenters. The summed E-state index contributed by atoms with van der Waals surface area (Å²) >= 11 is 0. The van der Waals surface area contributed by atoms with Crippen molar-refractivity contribution < 1.29 is 13.7 Å². The standard InChI is InChI=1S/C21H17FN4O2/c1-14-12-16(22)9-10-17(14)23-20(27)18-8-5-11-26(18)13-19-24-21(28-25-19)15-6-3-2-4-7-15/h2-12H,13H2,1H3,(H,23,27). The van der Waals surface area contributed by atoms with Gasteiger partial charge in [-0.3, -0.25) is 4.79 Å². The molecule has 2 aromatic carbocycles. The molecule has 1 N–H and O–H groups in total. The predicted molar refractivity (Wildman–Crippen MR) is 102 cm³/mol. The third-order valence-corrected chi connectivity index (χ3v) is 4.30. The summed E-state index contributed by atoms with van der Waals surface area (Å²) in [7, 11) is 0. The van der Waals surface area contributed by atoms with E-state index in [-0.39, 0.29) is 18.3 Å². The molecule has 0 saturated carbocycles. The van der Waals surface area contributed by atoms with Gasteiger partial charge in [0.05, 0.1) is 6.54 Å². The zero-order valence-corrected chi connectivity index (χ0v) is 15.1. The molecule has 0 aliphatic rings. The highest BCUT2D eigenvalue weighted by molar-refractivity contribution is 6.03. The Morgan fingerprint density at radius 1 is 1.14 bits per heavy atom. The van der Waals surface area contributed by atoms with Crippen LogP contribution in [0.15, 0.2) is 71.4 Å². The summed E-state index contributed by atoms with van der Waals surface area (Å²) in [4.78, 5) is 17.1. The zero-order chi connectivity index (χ0) is 19.5. The predicted octanol–water partition coefficient (Wildman–Crippen LogP) is 4.29. The SMILES string of the molecule is Cc1cc(F)ccc1NC(=O)c1cccn1Cc1noc(-c2ccccc2)n1. The van der Waals surface area contributed by atoms with Crippen LogP contribution in [0.5, 0.6) is 0 Å². The third-order valence-electron chi connectivity index (χ3n) is 4.30. The second-order valence-electron chi connectivity index (χ2n) is 6.32. The van der Waals surface area contributed by atoms with Crippen molar-refractivity contribution in [2.24, 2.45) is 0 Å².